The molecule has 1 unspecified atom stereocenters. The van der Waals surface area contributed by atoms with E-state index in [1.165, 1.54) is 4.90 Å². The number of alkyl carbamates (subject to hydrolysis) is 1. The predicted molar refractivity (Wildman–Crippen MR) is 65.7 cm³/mol. The van der Waals surface area contributed by atoms with Gasteiger partial charge in [0.05, 0.1) is 12.6 Å². The normalized spacial score (nSPS) is 16.4. The van der Waals surface area contributed by atoms with Crippen LogP contribution in [0.3, 0.4) is 0 Å². The molecule has 6 heteroatoms. The van der Waals surface area contributed by atoms with Gasteiger partial charge in [0.1, 0.15) is 19.2 Å². The molecule has 0 spiro atoms. The fourth-order valence-corrected chi connectivity index (χ4v) is 1.55. The van der Waals surface area contributed by atoms with Gasteiger partial charge in [0.25, 0.3) is 0 Å². The van der Waals surface area contributed by atoms with Gasteiger partial charge in [0.15, 0.2) is 0 Å². The summed E-state index contributed by atoms with van der Waals surface area (Å²) >= 11 is 0. The van der Waals surface area contributed by atoms with Gasteiger partial charge in [0.2, 0.25) is 5.91 Å². The van der Waals surface area contributed by atoms with E-state index in [4.69, 9.17) is 10.00 Å². The second kappa shape index (κ2) is 5.87. The average molecular weight is 259 g/mol. The Bertz CT molecular complexity index is 510. The highest BCUT2D eigenvalue weighted by Crippen LogP contribution is 2.15. The fraction of sp³-hybridized carbons (Fsp3) is 0.308. The zero-order valence-corrected chi connectivity index (χ0v) is 10.2. The van der Waals surface area contributed by atoms with Gasteiger partial charge in [-0.3, -0.25) is 4.79 Å². The highest BCUT2D eigenvalue weighted by atomic mass is 16.5. The highest BCUT2D eigenvalue weighted by Gasteiger charge is 2.38. The lowest BCUT2D eigenvalue weighted by Crippen LogP contribution is -2.33. The maximum absolute atomic E-state index is 11.5. The van der Waals surface area contributed by atoms with E-state index in [0.29, 0.717) is 6.54 Å². The van der Waals surface area contributed by atoms with Gasteiger partial charge < -0.3 is 15.0 Å². The minimum Gasteiger partial charge on any atom is -0.445 e. The van der Waals surface area contributed by atoms with Crippen LogP contribution in [0.5, 0.6) is 0 Å². The van der Waals surface area contributed by atoms with Gasteiger partial charge in [-0.25, -0.2) is 4.79 Å². The number of nitrogens with one attached hydrogen (secondary N) is 1. The van der Waals surface area contributed by atoms with Crippen molar-refractivity contribution >= 4 is 12.0 Å². The van der Waals surface area contributed by atoms with E-state index in [2.05, 4.69) is 5.32 Å². The van der Waals surface area contributed by atoms with Crippen LogP contribution in [0.1, 0.15) is 5.56 Å². The van der Waals surface area contributed by atoms with Crippen LogP contribution in [0, 0.1) is 11.3 Å². The molecule has 2 rings (SSSR count). The number of hydrogen-bond donors (Lipinski definition) is 1. The number of carbonyl (C=O) groups excluding carboxylic acids is 2. The molecule has 1 saturated heterocycles. The molecule has 0 aromatic heterocycles. The molecule has 0 aliphatic carbocycles. The molecule has 1 aromatic rings. The number of nitrogens with zero attached hydrogens (tertiary/aromatic N) is 2. The Hall–Kier alpha value is -2.55. The minimum atomic E-state index is -0.646. The van der Waals surface area contributed by atoms with Gasteiger partial charge >= 0.3 is 6.09 Å². The van der Waals surface area contributed by atoms with Crippen molar-refractivity contribution in [2.75, 3.05) is 13.1 Å². The van der Waals surface area contributed by atoms with Crippen LogP contribution in [0.25, 0.3) is 0 Å². The first kappa shape index (κ1) is 12.9. The summed E-state index contributed by atoms with van der Waals surface area (Å²) in [6.07, 6.45) is -0.646. The first-order valence-corrected chi connectivity index (χ1v) is 5.84. The number of benzene rings is 1. The SMILES string of the molecule is N#CC1CN1C(=O)CNC(=O)OCc1ccccc1. The van der Waals surface area contributed by atoms with Gasteiger partial charge in [-0.2, -0.15) is 5.26 Å². The van der Waals surface area contributed by atoms with Crippen LogP contribution in [-0.4, -0.2) is 36.0 Å². The summed E-state index contributed by atoms with van der Waals surface area (Å²) in [6, 6.07) is 10.9. The zero-order chi connectivity index (χ0) is 13.7. The molecular formula is C13H13N3O3. The molecule has 1 fully saturated rings. The molecular weight excluding hydrogens is 246 g/mol. The van der Waals surface area contributed by atoms with Crippen molar-refractivity contribution in [2.24, 2.45) is 0 Å². The van der Waals surface area contributed by atoms with E-state index in [0.717, 1.165) is 5.56 Å². The van der Waals surface area contributed by atoms with Gasteiger partial charge in [-0.1, -0.05) is 30.3 Å². The molecule has 19 heavy (non-hydrogen) atoms. The summed E-state index contributed by atoms with van der Waals surface area (Å²) in [7, 11) is 0. The second-order valence-corrected chi connectivity index (χ2v) is 4.11. The predicted octanol–water partition coefficient (Wildman–Crippen LogP) is 0.647. The van der Waals surface area contributed by atoms with Crippen LogP contribution in [-0.2, 0) is 16.1 Å². The van der Waals surface area contributed by atoms with Crippen molar-refractivity contribution in [1.29, 1.82) is 5.26 Å². The number of nitriles is 1. The molecule has 2 amide bonds. The highest BCUT2D eigenvalue weighted by molar-refractivity contribution is 5.84. The van der Waals surface area contributed by atoms with Crippen LogP contribution < -0.4 is 5.32 Å². The molecule has 98 valence electrons. The quantitative estimate of drug-likeness (QED) is 0.805. The summed E-state index contributed by atoms with van der Waals surface area (Å²) in [5, 5.41) is 10.9. The van der Waals surface area contributed by atoms with Crippen molar-refractivity contribution in [2.45, 2.75) is 12.6 Å². The summed E-state index contributed by atoms with van der Waals surface area (Å²) in [5.41, 5.74) is 0.875. The van der Waals surface area contributed by atoms with Crippen LogP contribution in [0.2, 0.25) is 0 Å². The molecule has 1 N–H and O–H groups in total. The fourth-order valence-electron chi connectivity index (χ4n) is 1.55. The molecule has 6 nitrogen and oxygen atoms in total. The lowest BCUT2D eigenvalue weighted by Gasteiger charge is -2.07. The molecule has 1 aliphatic heterocycles. The molecule has 0 bridgehead atoms. The summed E-state index contributed by atoms with van der Waals surface area (Å²) < 4.78 is 4.95. The first-order valence-electron chi connectivity index (χ1n) is 5.84. The monoisotopic (exact) mass is 259 g/mol. The molecule has 1 aliphatic rings. The Morgan fingerprint density at radius 1 is 1.42 bits per heavy atom. The molecule has 0 saturated carbocycles. The van der Waals surface area contributed by atoms with Crippen molar-refractivity contribution < 1.29 is 14.3 Å². The third kappa shape index (κ3) is 3.71. The van der Waals surface area contributed by atoms with Crippen LogP contribution >= 0.6 is 0 Å². The van der Waals surface area contributed by atoms with Crippen molar-refractivity contribution in [1.82, 2.24) is 10.2 Å². The maximum atomic E-state index is 11.5. The maximum Gasteiger partial charge on any atom is 0.407 e. The van der Waals surface area contributed by atoms with Gasteiger partial charge in [-0.15, -0.1) is 0 Å². The largest absolute Gasteiger partial charge is 0.445 e. The smallest absolute Gasteiger partial charge is 0.407 e. The minimum absolute atomic E-state index is 0.147. The Morgan fingerprint density at radius 3 is 2.79 bits per heavy atom. The van der Waals surface area contributed by atoms with Crippen LogP contribution in [0.4, 0.5) is 4.79 Å². The number of rotatable bonds is 4. The third-order valence-corrected chi connectivity index (χ3v) is 2.68. The average Bonchev–Trinajstić information content (AvgIpc) is 3.23. The number of hydrogen-bond acceptors (Lipinski definition) is 4. The number of carbonyl (C=O) groups is 2. The van der Waals surface area contributed by atoms with Crippen molar-refractivity contribution in [3.63, 3.8) is 0 Å². The Morgan fingerprint density at radius 2 is 2.16 bits per heavy atom. The first-order chi connectivity index (χ1) is 9.20. The summed E-state index contributed by atoms with van der Waals surface area (Å²) in [5.74, 6) is -0.275. The number of ether oxygens (including phenoxy) is 1. The summed E-state index contributed by atoms with van der Waals surface area (Å²) in [6.45, 7) is 0.452. The van der Waals surface area contributed by atoms with Crippen molar-refractivity contribution in [3.8, 4) is 6.07 Å². The zero-order valence-electron chi connectivity index (χ0n) is 10.2. The summed E-state index contributed by atoms with van der Waals surface area (Å²) in [4.78, 5) is 24.2. The Balaban J connectivity index is 1.65. The molecule has 0 radical (unpaired) electrons. The van der Waals surface area contributed by atoms with E-state index in [1.807, 2.05) is 36.4 Å². The van der Waals surface area contributed by atoms with E-state index in [9.17, 15) is 9.59 Å². The van der Waals surface area contributed by atoms with Gasteiger partial charge in [0, 0.05) is 0 Å². The van der Waals surface area contributed by atoms with E-state index < -0.39 is 6.09 Å². The Labute approximate surface area is 110 Å². The lowest BCUT2D eigenvalue weighted by molar-refractivity contribution is -0.125. The van der Waals surface area contributed by atoms with E-state index in [-0.39, 0.29) is 25.1 Å². The lowest BCUT2D eigenvalue weighted by atomic mass is 10.2. The molecule has 1 aromatic carbocycles. The topological polar surface area (TPSA) is 82.2 Å². The van der Waals surface area contributed by atoms with Crippen molar-refractivity contribution in [3.05, 3.63) is 35.9 Å². The third-order valence-electron chi connectivity index (χ3n) is 2.68. The standard InChI is InChI=1S/C13H13N3O3/c14-6-11-8-16(11)12(17)7-15-13(18)19-9-10-4-2-1-3-5-10/h1-5,11H,7-9H2,(H,15,18). The van der Waals surface area contributed by atoms with Crippen LogP contribution in [0.15, 0.2) is 30.3 Å². The van der Waals surface area contributed by atoms with E-state index >= 15 is 0 Å². The molecule has 1 heterocycles. The molecule has 1 atom stereocenters. The Kier molecular flexibility index (Phi) is 3.98. The number of amides is 2. The van der Waals surface area contributed by atoms with E-state index in [1.54, 1.807) is 0 Å². The second-order valence-electron chi connectivity index (χ2n) is 4.11. The van der Waals surface area contributed by atoms with Gasteiger partial charge in [-0.05, 0) is 5.56 Å².